The van der Waals surface area contributed by atoms with Crippen molar-refractivity contribution in [2.45, 2.75) is 45.7 Å². The monoisotopic (exact) mass is 430 g/mol. The van der Waals surface area contributed by atoms with E-state index >= 15 is 0 Å². The number of likely N-dealkylation sites (N-methyl/N-ethyl adjacent to an activating group) is 1. The van der Waals surface area contributed by atoms with Crippen molar-refractivity contribution in [3.05, 3.63) is 29.2 Å². The van der Waals surface area contributed by atoms with Crippen LogP contribution in [0.15, 0.2) is 18.3 Å². The second kappa shape index (κ2) is 8.26. The van der Waals surface area contributed by atoms with Crippen molar-refractivity contribution in [2.24, 2.45) is 11.8 Å². The fourth-order valence-electron chi connectivity index (χ4n) is 4.11. The molecule has 0 unspecified atom stereocenters. The third-order valence-electron chi connectivity index (χ3n) is 5.73. The standard InChI is InChI=1S/C21H27ClN6O2/c1-11(2)18-20(29)26-17-12(3)24-21(27-19(17)28(18)4)25-14-7-13(8-14)10-30-15-5-6-16(22)23-9-15/h5-6,9,11,13-14,18H,7-8,10H2,1-4H3,(H,26,29)(H,24,25,27)/t13?,14?,18-/m0/s1. The van der Waals surface area contributed by atoms with E-state index in [-0.39, 0.29) is 17.9 Å². The van der Waals surface area contributed by atoms with Gasteiger partial charge in [-0.3, -0.25) is 4.79 Å². The topological polar surface area (TPSA) is 92.3 Å². The lowest BCUT2D eigenvalue weighted by Crippen LogP contribution is -2.50. The van der Waals surface area contributed by atoms with Gasteiger partial charge in [0.25, 0.3) is 0 Å². The minimum absolute atomic E-state index is 0.00914. The van der Waals surface area contributed by atoms with Crippen molar-refractivity contribution >= 4 is 35.0 Å². The van der Waals surface area contributed by atoms with E-state index < -0.39 is 0 Å². The molecule has 3 heterocycles. The zero-order valence-corrected chi connectivity index (χ0v) is 18.4. The lowest BCUT2D eigenvalue weighted by Gasteiger charge is -2.38. The number of halogens is 1. The molecule has 4 rings (SSSR count). The Morgan fingerprint density at radius 1 is 1.33 bits per heavy atom. The van der Waals surface area contributed by atoms with Crippen LogP contribution in [-0.4, -0.2) is 46.6 Å². The molecule has 1 atom stereocenters. The van der Waals surface area contributed by atoms with Crippen LogP contribution in [0, 0.1) is 18.8 Å². The van der Waals surface area contributed by atoms with Crippen molar-refractivity contribution in [1.29, 1.82) is 0 Å². The molecular weight excluding hydrogens is 404 g/mol. The van der Waals surface area contributed by atoms with E-state index in [1.807, 2.05) is 38.8 Å². The van der Waals surface area contributed by atoms with Gasteiger partial charge in [0.1, 0.15) is 22.6 Å². The van der Waals surface area contributed by atoms with E-state index in [2.05, 4.69) is 20.6 Å². The van der Waals surface area contributed by atoms with Gasteiger partial charge in [0.15, 0.2) is 5.82 Å². The number of carbonyl (C=O) groups is 1. The molecule has 0 bridgehead atoms. The van der Waals surface area contributed by atoms with Gasteiger partial charge in [0, 0.05) is 13.1 Å². The number of hydrogen-bond donors (Lipinski definition) is 2. The van der Waals surface area contributed by atoms with E-state index in [4.69, 9.17) is 21.3 Å². The van der Waals surface area contributed by atoms with Crippen LogP contribution < -0.4 is 20.3 Å². The van der Waals surface area contributed by atoms with Gasteiger partial charge in [-0.05, 0) is 43.7 Å². The first-order valence-corrected chi connectivity index (χ1v) is 10.6. The number of nitrogens with zero attached hydrogens (tertiary/aromatic N) is 4. The molecule has 0 aromatic carbocycles. The summed E-state index contributed by atoms with van der Waals surface area (Å²) in [7, 11) is 1.92. The molecule has 2 aliphatic rings. The number of ether oxygens (including phenoxy) is 1. The average Bonchev–Trinajstić information content (AvgIpc) is 2.65. The number of fused-ring (bicyclic) bond motifs is 1. The van der Waals surface area contributed by atoms with Crippen molar-refractivity contribution in [3.63, 3.8) is 0 Å². The number of pyridine rings is 1. The highest BCUT2D eigenvalue weighted by Gasteiger charge is 2.36. The number of amides is 1. The first-order chi connectivity index (χ1) is 14.3. The number of anilines is 3. The van der Waals surface area contributed by atoms with Crippen molar-refractivity contribution in [3.8, 4) is 5.75 Å². The molecule has 1 aliphatic heterocycles. The molecular formula is C21H27ClN6O2. The summed E-state index contributed by atoms with van der Waals surface area (Å²) in [5.41, 5.74) is 1.46. The number of aryl methyl sites for hydroxylation is 1. The summed E-state index contributed by atoms with van der Waals surface area (Å²) < 4.78 is 5.79. The first kappa shape index (κ1) is 20.7. The lowest BCUT2D eigenvalue weighted by molar-refractivity contribution is -0.118. The Kier molecular flexibility index (Phi) is 5.69. The summed E-state index contributed by atoms with van der Waals surface area (Å²) >= 11 is 5.79. The Morgan fingerprint density at radius 3 is 2.77 bits per heavy atom. The summed E-state index contributed by atoms with van der Waals surface area (Å²) in [6, 6.07) is 3.62. The van der Waals surface area contributed by atoms with Gasteiger partial charge in [0.2, 0.25) is 11.9 Å². The van der Waals surface area contributed by atoms with Crippen LogP contribution in [-0.2, 0) is 4.79 Å². The molecule has 0 saturated heterocycles. The zero-order valence-electron chi connectivity index (χ0n) is 17.6. The minimum Gasteiger partial charge on any atom is -0.492 e. The molecule has 9 heteroatoms. The highest BCUT2D eigenvalue weighted by atomic mass is 35.5. The van der Waals surface area contributed by atoms with E-state index in [0.29, 0.717) is 35.4 Å². The number of rotatable bonds is 6. The van der Waals surface area contributed by atoms with Gasteiger partial charge in [-0.2, -0.15) is 4.98 Å². The molecule has 2 aromatic rings. The van der Waals surface area contributed by atoms with E-state index in [1.54, 1.807) is 12.3 Å². The summed E-state index contributed by atoms with van der Waals surface area (Å²) in [4.78, 5) is 27.7. The molecule has 160 valence electrons. The van der Waals surface area contributed by atoms with E-state index in [0.717, 1.165) is 30.1 Å². The Morgan fingerprint density at radius 2 is 2.10 bits per heavy atom. The quantitative estimate of drug-likeness (QED) is 0.677. The van der Waals surface area contributed by atoms with Gasteiger partial charge in [-0.1, -0.05) is 25.4 Å². The van der Waals surface area contributed by atoms with Gasteiger partial charge < -0.3 is 20.3 Å². The predicted octanol–water partition coefficient (Wildman–Crippen LogP) is 3.52. The van der Waals surface area contributed by atoms with Crippen LogP contribution in [0.5, 0.6) is 5.75 Å². The maximum absolute atomic E-state index is 12.4. The molecule has 2 aromatic heterocycles. The molecule has 0 spiro atoms. The Bertz CT molecular complexity index is 930. The van der Waals surface area contributed by atoms with Crippen LogP contribution in [0.4, 0.5) is 17.5 Å². The van der Waals surface area contributed by atoms with E-state index in [1.165, 1.54) is 0 Å². The van der Waals surface area contributed by atoms with Crippen molar-refractivity contribution in [2.75, 3.05) is 29.2 Å². The molecule has 1 fully saturated rings. The second-order valence-electron chi connectivity index (χ2n) is 8.43. The molecule has 1 amide bonds. The highest BCUT2D eigenvalue weighted by molar-refractivity contribution is 6.29. The highest BCUT2D eigenvalue weighted by Crippen LogP contribution is 2.35. The van der Waals surface area contributed by atoms with Crippen molar-refractivity contribution < 1.29 is 9.53 Å². The van der Waals surface area contributed by atoms with Crippen LogP contribution >= 0.6 is 11.6 Å². The van der Waals surface area contributed by atoms with E-state index in [9.17, 15) is 4.79 Å². The molecule has 1 saturated carbocycles. The smallest absolute Gasteiger partial charge is 0.247 e. The summed E-state index contributed by atoms with van der Waals surface area (Å²) in [5, 5.41) is 6.87. The minimum atomic E-state index is -0.243. The SMILES string of the molecule is Cc1nc(NC2CC(COc3ccc(Cl)nc3)C2)nc2c1NC(=O)[C@H](C(C)C)N2C. The molecule has 8 nitrogen and oxygen atoms in total. The number of carbonyl (C=O) groups excluding carboxylic acids is 1. The van der Waals surface area contributed by atoms with Gasteiger partial charge in [-0.25, -0.2) is 9.97 Å². The lowest BCUT2D eigenvalue weighted by atomic mass is 9.81. The van der Waals surface area contributed by atoms with Crippen LogP contribution in [0.3, 0.4) is 0 Å². The van der Waals surface area contributed by atoms with Gasteiger partial charge in [-0.15, -0.1) is 0 Å². The maximum Gasteiger partial charge on any atom is 0.247 e. The largest absolute Gasteiger partial charge is 0.492 e. The zero-order chi connectivity index (χ0) is 21.4. The Balaban J connectivity index is 1.36. The van der Waals surface area contributed by atoms with Crippen LogP contribution in [0.2, 0.25) is 5.15 Å². The van der Waals surface area contributed by atoms with Crippen LogP contribution in [0.25, 0.3) is 0 Å². The van der Waals surface area contributed by atoms with Crippen LogP contribution in [0.1, 0.15) is 32.4 Å². The third-order valence-corrected chi connectivity index (χ3v) is 5.95. The Labute approximate surface area is 181 Å². The first-order valence-electron chi connectivity index (χ1n) is 10.2. The third kappa shape index (κ3) is 4.14. The number of nitrogens with one attached hydrogen (secondary N) is 2. The number of aromatic nitrogens is 3. The van der Waals surface area contributed by atoms with Gasteiger partial charge in [0.05, 0.1) is 18.5 Å². The maximum atomic E-state index is 12.4. The fraction of sp³-hybridized carbons (Fsp3) is 0.524. The fourth-order valence-corrected chi connectivity index (χ4v) is 4.22. The summed E-state index contributed by atoms with van der Waals surface area (Å²) in [5.74, 6) is 2.74. The molecule has 0 radical (unpaired) electrons. The second-order valence-corrected chi connectivity index (χ2v) is 8.81. The number of hydrogen-bond acceptors (Lipinski definition) is 7. The van der Waals surface area contributed by atoms with Gasteiger partial charge >= 0.3 is 0 Å². The Hall–Kier alpha value is -2.61. The summed E-state index contributed by atoms with van der Waals surface area (Å²) in [6.07, 6.45) is 3.61. The van der Waals surface area contributed by atoms with Crippen molar-refractivity contribution in [1.82, 2.24) is 15.0 Å². The molecule has 2 N–H and O–H groups in total. The average molecular weight is 431 g/mol. The normalized spacial score (nSPS) is 22.9. The molecule has 1 aliphatic carbocycles. The molecule has 30 heavy (non-hydrogen) atoms. The summed E-state index contributed by atoms with van der Waals surface area (Å²) in [6.45, 7) is 6.62. The predicted molar refractivity (Wildman–Crippen MR) is 117 cm³/mol.